The van der Waals surface area contributed by atoms with Crippen LogP contribution in [0, 0.1) is 10.1 Å². The van der Waals surface area contributed by atoms with Crippen LogP contribution in [0.5, 0.6) is 0 Å². The Hall–Kier alpha value is -1.95. The number of benzene rings is 1. The second-order valence-corrected chi connectivity index (χ2v) is 4.61. The number of non-ortho nitro benzene ring substituents is 1. The van der Waals surface area contributed by atoms with Gasteiger partial charge in [-0.1, -0.05) is 12.1 Å². The van der Waals surface area contributed by atoms with Crippen LogP contribution in [0.1, 0.15) is 12.0 Å². The van der Waals surface area contributed by atoms with Gasteiger partial charge in [0.1, 0.15) is 0 Å². The maximum absolute atomic E-state index is 11.6. The van der Waals surface area contributed by atoms with Crippen molar-refractivity contribution in [2.24, 2.45) is 0 Å². The van der Waals surface area contributed by atoms with Gasteiger partial charge in [0.25, 0.3) is 5.69 Å². The molecule has 1 aromatic carbocycles. The van der Waals surface area contributed by atoms with E-state index in [4.69, 9.17) is 0 Å². The average molecular weight is 265 g/mol. The summed E-state index contributed by atoms with van der Waals surface area (Å²) in [7, 11) is 3.97. The van der Waals surface area contributed by atoms with E-state index in [0.717, 1.165) is 18.5 Å². The number of hydrogen-bond acceptors (Lipinski definition) is 4. The zero-order valence-electron chi connectivity index (χ0n) is 11.3. The van der Waals surface area contributed by atoms with E-state index in [2.05, 4.69) is 10.2 Å². The molecule has 0 aliphatic carbocycles. The highest BCUT2D eigenvalue weighted by atomic mass is 16.6. The van der Waals surface area contributed by atoms with E-state index in [9.17, 15) is 14.9 Å². The molecule has 0 aliphatic rings. The Balaban J connectivity index is 2.34. The highest BCUT2D eigenvalue weighted by Crippen LogP contribution is 2.12. The van der Waals surface area contributed by atoms with Gasteiger partial charge in [-0.25, -0.2) is 0 Å². The monoisotopic (exact) mass is 265 g/mol. The van der Waals surface area contributed by atoms with Crippen molar-refractivity contribution in [3.05, 3.63) is 39.9 Å². The van der Waals surface area contributed by atoms with Gasteiger partial charge in [0.2, 0.25) is 5.91 Å². The van der Waals surface area contributed by atoms with Gasteiger partial charge in [-0.3, -0.25) is 14.9 Å². The quantitative estimate of drug-likeness (QED) is 0.456. The number of nitro benzene ring substituents is 1. The molecule has 1 rings (SSSR count). The molecule has 0 radical (unpaired) electrons. The molecule has 0 saturated carbocycles. The molecule has 0 bridgehead atoms. The molecule has 1 amide bonds. The fourth-order valence-corrected chi connectivity index (χ4v) is 1.61. The number of carbonyl (C=O) groups excluding carboxylic acids is 1. The molecular weight excluding hydrogens is 246 g/mol. The maximum Gasteiger partial charge on any atom is 0.269 e. The first-order valence-corrected chi connectivity index (χ1v) is 6.14. The van der Waals surface area contributed by atoms with Crippen molar-refractivity contribution < 1.29 is 9.72 Å². The molecule has 1 aromatic rings. The van der Waals surface area contributed by atoms with Crippen molar-refractivity contribution in [3.8, 4) is 0 Å². The molecule has 1 N–H and O–H groups in total. The van der Waals surface area contributed by atoms with Crippen LogP contribution in [-0.2, 0) is 11.2 Å². The highest BCUT2D eigenvalue weighted by molar-refractivity contribution is 5.78. The molecule has 19 heavy (non-hydrogen) atoms. The van der Waals surface area contributed by atoms with Crippen LogP contribution in [0.4, 0.5) is 5.69 Å². The van der Waals surface area contributed by atoms with Crippen LogP contribution in [0.25, 0.3) is 0 Å². The molecule has 6 nitrogen and oxygen atoms in total. The van der Waals surface area contributed by atoms with Gasteiger partial charge in [-0.15, -0.1) is 0 Å². The SMILES string of the molecule is CN(C)CCCNC(=O)Cc1ccc([N+](=O)[O-])cc1. The maximum atomic E-state index is 11.6. The lowest BCUT2D eigenvalue weighted by Crippen LogP contribution is -2.28. The summed E-state index contributed by atoms with van der Waals surface area (Å²) >= 11 is 0. The topological polar surface area (TPSA) is 75.5 Å². The summed E-state index contributed by atoms with van der Waals surface area (Å²) in [5.41, 5.74) is 0.811. The first-order chi connectivity index (χ1) is 8.99. The number of nitrogens with one attached hydrogen (secondary N) is 1. The third-order valence-electron chi connectivity index (χ3n) is 2.62. The Kier molecular flexibility index (Phi) is 5.95. The molecule has 104 valence electrons. The predicted octanol–water partition coefficient (Wildman–Crippen LogP) is 1.21. The fraction of sp³-hybridized carbons (Fsp3) is 0.462. The third-order valence-corrected chi connectivity index (χ3v) is 2.62. The second-order valence-electron chi connectivity index (χ2n) is 4.61. The van der Waals surface area contributed by atoms with Gasteiger partial charge in [-0.05, 0) is 32.6 Å². The zero-order valence-corrected chi connectivity index (χ0v) is 11.3. The van der Waals surface area contributed by atoms with E-state index < -0.39 is 4.92 Å². The van der Waals surface area contributed by atoms with E-state index in [1.54, 1.807) is 12.1 Å². The molecule has 0 spiro atoms. The van der Waals surface area contributed by atoms with Gasteiger partial charge in [0.05, 0.1) is 11.3 Å². The summed E-state index contributed by atoms with van der Waals surface area (Å²) in [5.74, 6) is -0.0624. The van der Waals surface area contributed by atoms with E-state index in [-0.39, 0.29) is 18.0 Å². The van der Waals surface area contributed by atoms with Gasteiger partial charge in [0, 0.05) is 18.7 Å². The van der Waals surface area contributed by atoms with E-state index in [1.807, 2.05) is 14.1 Å². The van der Waals surface area contributed by atoms with Crippen molar-refractivity contribution in [2.45, 2.75) is 12.8 Å². The summed E-state index contributed by atoms with van der Waals surface area (Å²) in [6.07, 6.45) is 1.15. The molecule has 0 unspecified atom stereocenters. The van der Waals surface area contributed by atoms with Crippen LogP contribution < -0.4 is 5.32 Å². The minimum absolute atomic E-state index is 0.0372. The molecule has 0 atom stereocenters. The van der Waals surface area contributed by atoms with E-state index >= 15 is 0 Å². The highest BCUT2D eigenvalue weighted by Gasteiger charge is 2.06. The predicted molar refractivity (Wildman–Crippen MR) is 73.0 cm³/mol. The Bertz CT molecular complexity index is 429. The van der Waals surface area contributed by atoms with Gasteiger partial charge in [-0.2, -0.15) is 0 Å². The summed E-state index contributed by atoms with van der Waals surface area (Å²) in [6, 6.07) is 6.04. The molecular formula is C13H19N3O3. The van der Waals surface area contributed by atoms with Crippen molar-refractivity contribution in [2.75, 3.05) is 27.2 Å². The van der Waals surface area contributed by atoms with E-state index in [1.165, 1.54) is 12.1 Å². The van der Waals surface area contributed by atoms with Crippen LogP contribution in [0.3, 0.4) is 0 Å². The largest absolute Gasteiger partial charge is 0.356 e. The standard InChI is InChI=1S/C13H19N3O3/c1-15(2)9-3-8-14-13(17)10-11-4-6-12(7-5-11)16(18)19/h4-7H,3,8-10H2,1-2H3,(H,14,17). The lowest BCUT2D eigenvalue weighted by molar-refractivity contribution is -0.384. The molecule has 0 fully saturated rings. The Morgan fingerprint density at radius 3 is 2.47 bits per heavy atom. The average Bonchev–Trinajstić information content (AvgIpc) is 2.35. The zero-order chi connectivity index (χ0) is 14.3. The first-order valence-electron chi connectivity index (χ1n) is 6.14. The molecule has 0 aromatic heterocycles. The summed E-state index contributed by atoms with van der Waals surface area (Å²) < 4.78 is 0. The first kappa shape index (κ1) is 15.1. The lowest BCUT2D eigenvalue weighted by Gasteiger charge is -2.09. The Labute approximate surface area is 112 Å². The Morgan fingerprint density at radius 1 is 1.32 bits per heavy atom. The number of nitro groups is 1. The Morgan fingerprint density at radius 2 is 1.95 bits per heavy atom. The van der Waals surface area contributed by atoms with Crippen LogP contribution in [0.15, 0.2) is 24.3 Å². The van der Waals surface area contributed by atoms with Crippen molar-refractivity contribution in [1.29, 1.82) is 0 Å². The molecule has 0 aliphatic heterocycles. The number of hydrogen-bond donors (Lipinski definition) is 1. The minimum atomic E-state index is -0.453. The number of nitrogens with zero attached hydrogens (tertiary/aromatic N) is 2. The number of amides is 1. The van der Waals surface area contributed by atoms with Crippen molar-refractivity contribution in [1.82, 2.24) is 10.2 Å². The van der Waals surface area contributed by atoms with Crippen LogP contribution in [-0.4, -0.2) is 42.9 Å². The molecule has 0 saturated heterocycles. The van der Waals surface area contributed by atoms with Crippen LogP contribution >= 0.6 is 0 Å². The normalized spacial score (nSPS) is 10.5. The van der Waals surface area contributed by atoms with Crippen molar-refractivity contribution >= 4 is 11.6 Å². The van der Waals surface area contributed by atoms with Crippen LogP contribution in [0.2, 0.25) is 0 Å². The van der Waals surface area contributed by atoms with Gasteiger partial charge in [0.15, 0.2) is 0 Å². The lowest BCUT2D eigenvalue weighted by atomic mass is 10.1. The summed E-state index contributed by atoms with van der Waals surface area (Å²) in [5, 5.41) is 13.3. The minimum Gasteiger partial charge on any atom is -0.356 e. The molecule has 6 heteroatoms. The number of carbonyl (C=O) groups is 1. The second kappa shape index (κ2) is 7.48. The van der Waals surface area contributed by atoms with Gasteiger partial charge < -0.3 is 10.2 Å². The van der Waals surface area contributed by atoms with Gasteiger partial charge >= 0.3 is 0 Å². The smallest absolute Gasteiger partial charge is 0.269 e. The fourth-order valence-electron chi connectivity index (χ4n) is 1.61. The summed E-state index contributed by atoms with van der Waals surface area (Å²) in [4.78, 5) is 23.7. The van der Waals surface area contributed by atoms with E-state index in [0.29, 0.717) is 6.54 Å². The summed E-state index contributed by atoms with van der Waals surface area (Å²) in [6.45, 7) is 1.57. The third kappa shape index (κ3) is 5.96. The van der Waals surface area contributed by atoms with Crippen molar-refractivity contribution in [3.63, 3.8) is 0 Å². The number of rotatable bonds is 7. The molecule has 0 heterocycles.